The van der Waals surface area contributed by atoms with Gasteiger partial charge in [-0.1, -0.05) is 45.0 Å². The smallest absolute Gasteiger partial charge is 0.168 e. The van der Waals surface area contributed by atoms with E-state index >= 15 is 0 Å². The van der Waals surface area contributed by atoms with Crippen LogP contribution < -0.4 is 0 Å². The normalized spacial score (nSPS) is 11.8. The summed E-state index contributed by atoms with van der Waals surface area (Å²) in [4.78, 5) is 11.1. The molecular formula is C18H19N3O. The van der Waals surface area contributed by atoms with Crippen LogP contribution >= 0.6 is 0 Å². The number of hydrogen-bond acceptors (Lipinski definition) is 3. The van der Waals surface area contributed by atoms with Crippen molar-refractivity contribution >= 4 is 11.9 Å². The Balaban J connectivity index is 2.14. The summed E-state index contributed by atoms with van der Waals surface area (Å²) in [6, 6.07) is 10.2. The van der Waals surface area contributed by atoms with Gasteiger partial charge in [0.2, 0.25) is 0 Å². The Hall–Kier alpha value is -2.49. The lowest BCUT2D eigenvalue weighted by molar-refractivity contribution is 0.112. The van der Waals surface area contributed by atoms with Crippen molar-refractivity contribution < 1.29 is 4.79 Å². The van der Waals surface area contributed by atoms with Crippen LogP contribution in [0.3, 0.4) is 0 Å². The van der Waals surface area contributed by atoms with Gasteiger partial charge < -0.3 is 0 Å². The van der Waals surface area contributed by atoms with Crippen molar-refractivity contribution in [2.24, 2.45) is 0 Å². The lowest BCUT2D eigenvalue weighted by atomic mass is 9.87. The highest BCUT2D eigenvalue weighted by molar-refractivity contribution is 5.76. The molecule has 3 aromatic rings. The van der Waals surface area contributed by atoms with Gasteiger partial charge in [0.25, 0.3) is 0 Å². The number of carbonyl (C=O) groups excluding carboxylic acids is 1. The largest absolute Gasteiger partial charge is 0.298 e. The molecule has 0 aliphatic carbocycles. The molecule has 1 aromatic carbocycles. The summed E-state index contributed by atoms with van der Waals surface area (Å²) in [5, 5.41) is 8.53. The molecule has 0 bridgehead atoms. The van der Waals surface area contributed by atoms with Crippen molar-refractivity contribution in [1.29, 1.82) is 0 Å². The minimum atomic E-state index is 0.118. The number of rotatable bonds is 2. The average Bonchev–Trinajstić information content (AvgIpc) is 2.90. The van der Waals surface area contributed by atoms with Gasteiger partial charge in [0.1, 0.15) is 0 Å². The third-order valence-corrected chi connectivity index (χ3v) is 3.86. The monoisotopic (exact) mass is 293 g/mol. The van der Waals surface area contributed by atoms with E-state index < -0.39 is 0 Å². The number of aryl methyl sites for hydroxylation is 1. The predicted octanol–water partition coefficient (Wildman–Crippen LogP) is 3.81. The van der Waals surface area contributed by atoms with Crippen LogP contribution in [0.1, 0.15) is 42.3 Å². The Labute approximate surface area is 129 Å². The van der Waals surface area contributed by atoms with E-state index in [0.717, 1.165) is 28.9 Å². The average molecular weight is 293 g/mol. The van der Waals surface area contributed by atoms with Gasteiger partial charge in [-0.05, 0) is 29.5 Å². The molecule has 22 heavy (non-hydrogen) atoms. The summed E-state index contributed by atoms with van der Waals surface area (Å²) in [5.41, 5.74) is 4.72. The molecule has 0 unspecified atom stereocenters. The van der Waals surface area contributed by atoms with Crippen LogP contribution in [0.15, 0.2) is 36.5 Å². The Morgan fingerprint density at radius 3 is 2.36 bits per heavy atom. The van der Waals surface area contributed by atoms with E-state index in [-0.39, 0.29) is 5.41 Å². The number of aromatic nitrogens is 3. The maximum atomic E-state index is 11.1. The summed E-state index contributed by atoms with van der Waals surface area (Å²) in [6.45, 7) is 8.50. The zero-order valence-electron chi connectivity index (χ0n) is 13.3. The van der Waals surface area contributed by atoms with Crippen molar-refractivity contribution in [3.63, 3.8) is 0 Å². The molecule has 0 atom stereocenters. The first-order valence-corrected chi connectivity index (χ1v) is 7.31. The molecule has 0 saturated carbocycles. The fourth-order valence-electron chi connectivity index (χ4n) is 2.56. The minimum absolute atomic E-state index is 0.118. The molecular weight excluding hydrogens is 274 g/mol. The summed E-state index contributed by atoms with van der Waals surface area (Å²) in [6.07, 6.45) is 2.63. The molecule has 0 aliphatic rings. The molecule has 0 N–H and O–H groups in total. The zero-order valence-corrected chi connectivity index (χ0v) is 13.3. The molecule has 3 rings (SSSR count). The quantitative estimate of drug-likeness (QED) is 0.675. The van der Waals surface area contributed by atoms with Gasteiger partial charge in [0.05, 0.1) is 0 Å². The van der Waals surface area contributed by atoms with Crippen LogP contribution in [0.25, 0.3) is 17.0 Å². The zero-order chi connectivity index (χ0) is 15.9. The number of aldehydes is 1. The highest BCUT2D eigenvalue weighted by Gasteiger charge is 2.15. The van der Waals surface area contributed by atoms with Crippen molar-refractivity contribution in [2.75, 3.05) is 0 Å². The first-order chi connectivity index (χ1) is 10.4. The van der Waals surface area contributed by atoms with Gasteiger partial charge >= 0.3 is 0 Å². The van der Waals surface area contributed by atoms with Crippen LogP contribution in [-0.4, -0.2) is 20.9 Å². The first kappa shape index (κ1) is 14.4. The van der Waals surface area contributed by atoms with E-state index in [4.69, 9.17) is 0 Å². The second kappa shape index (κ2) is 5.05. The number of benzene rings is 1. The Kier molecular flexibility index (Phi) is 3.32. The molecule has 0 radical (unpaired) electrons. The van der Waals surface area contributed by atoms with E-state index in [0.29, 0.717) is 5.56 Å². The molecule has 0 spiro atoms. The molecule has 2 aromatic heterocycles. The third kappa shape index (κ3) is 2.41. The van der Waals surface area contributed by atoms with E-state index in [1.165, 1.54) is 5.56 Å². The fourth-order valence-corrected chi connectivity index (χ4v) is 2.56. The van der Waals surface area contributed by atoms with Gasteiger partial charge in [0.15, 0.2) is 17.8 Å². The van der Waals surface area contributed by atoms with Crippen LogP contribution in [-0.2, 0) is 5.41 Å². The Morgan fingerprint density at radius 2 is 1.77 bits per heavy atom. The lowest BCUT2D eigenvalue weighted by Gasteiger charge is -2.18. The van der Waals surface area contributed by atoms with E-state index in [9.17, 15) is 4.79 Å². The van der Waals surface area contributed by atoms with Gasteiger partial charge in [0, 0.05) is 17.3 Å². The summed E-state index contributed by atoms with van der Waals surface area (Å²) in [5.74, 6) is 0.752. The van der Waals surface area contributed by atoms with Crippen LogP contribution in [0.5, 0.6) is 0 Å². The topological polar surface area (TPSA) is 47.3 Å². The number of nitrogens with zero attached hydrogens (tertiary/aromatic N) is 3. The summed E-state index contributed by atoms with van der Waals surface area (Å²) < 4.78 is 1.88. The Bertz CT molecular complexity index is 839. The number of hydrogen-bond donors (Lipinski definition) is 0. The second-order valence-corrected chi connectivity index (χ2v) is 6.62. The Morgan fingerprint density at radius 1 is 1.09 bits per heavy atom. The van der Waals surface area contributed by atoms with E-state index in [2.05, 4.69) is 55.2 Å². The molecule has 0 amide bonds. The number of carbonyl (C=O) groups is 1. The molecule has 0 fully saturated rings. The van der Waals surface area contributed by atoms with Gasteiger partial charge in [-0.25, -0.2) is 0 Å². The van der Waals surface area contributed by atoms with E-state index in [1.54, 1.807) is 6.20 Å². The first-order valence-electron chi connectivity index (χ1n) is 7.31. The second-order valence-electron chi connectivity index (χ2n) is 6.62. The third-order valence-electron chi connectivity index (χ3n) is 3.86. The van der Waals surface area contributed by atoms with Gasteiger partial charge in [-0.15, -0.1) is 10.2 Å². The maximum absolute atomic E-state index is 11.1. The van der Waals surface area contributed by atoms with E-state index in [1.807, 2.05) is 17.4 Å². The molecule has 4 heteroatoms. The lowest BCUT2D eigenvalue weighted by Crippen LogP contribution is -2.10. The fraction of sp³-hybridized carbons (Fsp3) is 0.278. The maximum Gasteiger partial charge on any atom is 0.168 e. The van der Waals surface area contributed by atoms with Gasteiger partial charge in [-0.2, -0.15) is 0 Å². The standard InChI is InChI=1S/C18H19N3O/c1-12-9-13(11-22)10-21-16(12)19-20-17(21)14-5-7-15(8-6-14)18(2,3)4/h5-11H,1-4H3. The molecule has 2 heterocycles. The highest BCUT2D eigenvalue weighted by atomic mass is 16.1. The van der Waals surface area contributed by atoms with Crippen LogP contribution in [0.4, 0.5) is 0 Å². The SMILES string of the molecule is Cc1cc(C=O)cn2c(-c3ccc(C(C)(C)C)cc3)nnc12. The molecule has 0 aliphatic heterocycles. The van der Waals surface area contributed by atoms with Crippen molar-refractivity contribution in [2.45, 2.75) is 33.1 Å². The molecule has 112 valence electrons. The molecule has 4 nitrogen and oxygen atoms in total. The van der Waals surface area contributed by atoms with Gasteiger partial charge in [-0.3, -0.25) is 9.20 Å². The van der Waals surface area contributed by atoms with Crippen LogP contribution in [0, 0.1) is 6.92 Å². The van der Waals surface area contributed by atoms with Crippen molar-refractivity contribution in [1.82, 2.24) is 14.6 Å². The predicted molar refractivity (Wildman–Crippen MR) is 87.2 cm³/mol. The number of fused-ring (bicyclic) bond motifs is 1. The number of pyridine rings is 1. The summed E-state index contributed by atoms with van der Waals surface area (Å²) in [7, 11) is 0. The van der Waals surface area contributed by atoms with Crippen molar-refractivity contribution in [3.05, 3.63) is 53.2 Å². The minimum Gasteiger partial charge on any atom is -0.298 e. The highest BCUT2D eigenvalue weighted by Crippen LogP contribution is 2.26. The van der Waals surface area contributed by atoms with Crippen molar-refractivity contribution in [3.8, 4) is 11.4 Å². The van der Waals surface area contributed by atoms with Crippen LogP contribution in [0.2, 0.25) is 0 Å². The summed E-state index contributed by atoms with van der Waals surface area (Å²) >= 11 is 0. The molecule has 0 saturated heterocycles.